The fraction of sp³-hybridized carbons (Fsp3) is 0.462. The summed E-state index contributed by atoms with van der Waals surface area (Å²) < 4.78 is 4.58. The Labute approximate surface area is 102 Å². The first-order valence-electron chi connectivity index (χ1n) is 5.81. The van der Waals surface area contributed by atoms with Crippen molar-refractivity contribution in [2.24, 2.45) is 17.7 Å². The minimum absolute atomic E-state index is 0.406. The Morgan fingerprint density at radius 2 is 2.00 bits per heavy atom. The van der Waals surface area contributed by atoms with E-state index in [1.54, 1.807) is 30.3 Å². The Hall–Kier alpha value is -1.55. The molecule has 2 unspecified atom stereocenters. The van der Waals surface area contributed by atoms with Gasteiger partial charge in [-0.15, -0.1) is 0 Å². The molecule has 4 heteroatoms. The van der Waals surface area contributed by atoms with Crippen LogP contribution in [0.15, 0.2) is 30.3 Å². The molecule has 1 saturated carbocycles. The fourth-order valence-corrected chi connectivity index (χ4v) is 1.58. The molecule has 1 aromatic rings. The first-order chi connectivity index (χ1) is 8.17. The fourth-order valence-electron chi connectivity index (χ4n) is 1.58. The summed E-state index contributed by atoms with van der Waals surface area (Å²) >= 11 is 0. The highest BCUT2D eigenvalue weighted by Gasteiger charge is 2.29. The van der Waals surface area contributed by atoms with E-state index in [0.29, 0.717) is 5.75 Å². The van der Waals surface area contributed by atoms with Crippen LogP contribution in [0.5, 0.6) is 5.75 Å². The number of rotatable bonds is 2. The van der Waals surface area contributed by atoms with Crippen LogP contribution in [0.4, 0.5) is 4.79 Å². The Morgan fingerprint density at radius 1 is 1.41 bits per heavy atom. The Balaban J connectivity index is 0.000000202. The lowest BCUT2D eigenvalue weighted by Gasteiger charge is -1.99. The van der Waals surface area contributed by atoms with E-state index >= 15 is 0 Å². The van der Waals surface area contributed by atoms with Crippen LogP contribution in [-0.2, 0) is 4.84 Å². The third-order valence-electron chi connectivity index (χ3n) is 2.84. The van der Waals surface area contributed by atoms with Gasteiger partial charge in [-0.25, -0.2) is 4.79 Å². The number of hydrogen-bond acceptors (Lipinski definition) is 4. The third-order valence-corrected chi connectivity index (χ3v) is 2.84. The summed E-state index contributed by atoms with van der Waals surface area (Å²) in [5.74, 6) is 7.12. The molecular weight excluding hydrogens is 218 g/mol. The lowest BCUT2D eigenvalue weighted by Crippen LogP contribution is -2.14. The molecule has 17 heavy (non-hydrogen) atoms. The number of carbonyl (C=O) groups excluding carboxylic acids is 1. The lowest BCUT2D eigenvalue weighted by atomic mass is 10.3. The van der Waals surface area contributed by atoms with Gasteiger partial charge in [0, 0.05) is 0 Å². The topological polar surface area (TPSA) is 61.5 Å². The van der Waals surface area contributed by atoms with Crippen LogP contribution in [0, 0.1) is 11.8 Å². The predicted octanol–water partition coefficient (Wildman–Crippen LogP) is 3.13. The smallest absolute Gasteiger partial charge is 0.394 e. The van der Waals surface area contributed by atoms with Gasteiger partial charge in [0.1, 0.15) is 5.75 Å². The van der Waals surface area contributed by atoms with Gasteiger partial charge >= 0.3 is 6.16 Å². The molecule has 0 heterocycles. The van der Waals surface area contributed by atoms with Gasteiger partial charge in [0.25, 0.3) is 0 Å². The van der Waals surface area contributed by atoms with Crippen LogP contribution in [0.1, 0.15) is 26.7 Å². The maximum absolute atomic E-state index is 10.4. The van der Waals surface area contributed by atoms with E-state index in [-0.39, 0.29) is 0 Å². The molecule has 0 spiro atoms. The zero-order valence-corrected chi connectivity index (χ0v) is 10.3. The average Bonchev–Trinajstić information content (AvgIpc) is 3.07. The number of para-hydroxylation sites is 1. The van der Waals surface area contributed by atoms with Crippen molar-refractivity contribution in [1.82, 2.24) is 0 Å². The number of carbonyl (C=O) groups is 1. The quantitative estimate of drug-likeness (QED) is 0.487. The molecule has 0 saturated heterocycles. The maximum atomic E-state index is 10.4. The molecule has 94 valence electrons. The van der Waals surface area contributed by atoms with E-state index in [1.165, 1.54) is 12.8 Å². The standard InChI is InChI=1S/C7H7NO3.C6H12/c8-11-7(9)10-6-4-2-1-3-5-6;1-3-6-4-5(6)2/h1-5H,8H2;5-6H,3-4H2,1-2H3. The SMILES string of the molecule is CCC1CC1C.NOC(=O)Oc1ccccc1. The average molecular weight is 237 g/mol. The second-order valence-electron chi connectivity index (χ2n) is 4.16. The van der Waals surface area contributed by atoms with E-state index in [9.17, 15) is 4.79 Å². The second kappa shape index (κ2) is 6.91. The van der Waals surface area contributed by atoms with Crippen LogP contribution in [0.25, 0.3) is 0 Å². The van der Waals surface area contributed by atoms with E-state index in [1.807, 2.05) is 0 Å². The molecule has 1 aliphatic carbocycles. The van der Waals surface area contributed by atoms with Crippen LogP contribution < -0.4 is 10.6 Å². The van der Waals surface area contributed by atoms with E-state index < -0.39 is 6.16 Å². The predicted molar refractivity (Wildman–Crippen MR) is 65.3 cm³/mol. The van der Waals surface area contributed by atoms with Crippen molar-refractivity contribution in [3.05, 3.63) is 30.3 Å². The minimum atomic E-state index is -0.920. The molecule has 2 atom stereocenters. The van der Waals surface area contributed by atoms with E-state index in [2.05, 4.69) is 29.3 Å². The number of ether oxygens (including phenoxy) is 1. The van der Waals surface area contributed by atoms with Crippen molar-refractivity contribution in [3.8, 4) is 5.75 Å². The molecule has 0 bridgehead atoms. The summed E-state index contributed by atoms with van der Waals surface area (Å²) in [5, 5.41) is 0. The highest BCUT2D eigenvalue weighted by molar-refractivity contribution is 5.63. The Kier molecular flexibility index (Phi) is 5.49. The molecule has 2 N–H and O–H groups in total. The monoisotopic (exact) mass is 237 g/mol. The molecule has 0 amide bonds. The third kappa shape index (κ3) is 5.36. The molecule has 0 radical (unpaired) electrons. The number of hydrogen-bond donors (Lipinski definition) is 1. The van der Waals surface area contributed by atoms with Crippen molar-refractivity contribution in [2.75, 3.05) is 0 Å². The summed E-state index contributed by atoms with van der Waals surface area (Å²) in [6.45, 7) is 4.60. The van der Waals surface area contributed by atoms with Gasteiger partial charge in [-0.3, -0.25) is 0 Å². The molecule has 2 rings (SSSR count). The van der Waals surface area contributed by atoms with Gasteiger partial charge < -0.3 is 9.57 Å². The van der Waals surface area contributed by atoms with Crippen molar-refractivity contribution in [2.45, 2.75) is 26.7 Å². The largest absolute Gasteiger partial charge is 0.533 e. The molecule has 1 fully saturated rings. The number of benzene rings is 1. The van der Waals surface area contributed by atoms with Crippen LogP contribution in [-0.4, -0.2) is 6.16 Å². The summed E-state index contributed by atoms with van der Waals surface area (Å²) in [5.41, 5.74) is 0. The van der Waals surface area contributed by atoms with Crippen molar-refractivity contribution in [3.63, 3.8) is 0 Å². The van der Waals surface area contributed by atoms with Crippen LogP contribution in [0.2, 0.25) is 0 Å². The Bertz CT molecular complexity index is 338. The highest BCUT2D eigenvalue weighted by Crippen LogP contribution is 2.39. The highest BCUT2D eigenvalue weighted by atomic mass is 16.8. The zero-order chi connectivity index (χ0) is 12.7. The van der Waals surface area contributed by atoms with E-state index in [0.717, 1.165) is 11.8 Å². The maximum Gasteiger partial charge on any atom is 0.533 e. The minimum Gasteiger partial charge on any atom is -0.394 e. The summed E-state index contributed by atoms with van der Waals surface area (Å²) in [6, 6.07) is 8.52. The second-order valence-corrected chi connectivity index (χ2v) is 4.16. The summed E-state index contributed by atoms with van der Waals surface area (Å²) in [6.07, 6.45) is 1.98. The summed E-state index contributed by atoms with van der Waals surface area (Å²) in [7, 11) is 0. The molecular formula is C13H19NO3. The lowest BCUT2D eigenvalue weighted by molar-refractivity contribution is 0.0997. The van der Waals surface area contributed by atoms with Gasteiger partial charge in [0.15, 0.2) is 0 Å². The van der Waals surface area contributed by atoms with E-state index in [4.69, 9.17) is 0 Å². The van der Waals surface area contributed by atoms with Gasteiger partial charge in [0.05, 0.1) is 0 Å². The zero-order valence-electron chi connectivity index (χ0n) is 10.3. The molecule has 1 aromatic carbocycles. The molecule has 4 nitrogen and oxygen atoms in total. The van der Waals surface area contributed by atoms with Gasteiger partial charge in [-0.2, -0.15) is 5.90 Å². The summed E-state index contributed by atoms with van der Waals surface area (Å²) in [4.78, 5) is 14.2. The molecule has 1 aliphatic rings. The molecule has 0 aliphatic heterocycles. The molecule has 0 aromatic heterocycles. The normalized spacial score (nSPS) is 20.9. The first kappa shape index (κ1) is 13.5. The number of nitrogens with two attached hydrogens (primary N) is 1. The van der Waals surface area contributed by atoms with Crippen molar-refractivity contribution in [1.29, 1.82) is 0 Å². The first-order valence-corrected chi connectivity index (χ1v) is 5.81. The van der Waals surface area contributed by atoms with Gasteiger partial charge in [-0.05, 0) is 30.4 Å². The van der Waals surface area contributed by atoms with Gasteiger partial charge in [0.2, 0.25) is 0 Å². The van der Waals surface area contributed by atoms with Gasteiger partial charge in [-0.1, -0.05) is 38.5 Å². The van der Waals surface area contributed by atoms with Crippen LogP contribution in [0.3, 0.4) is 0 Å². The Morgan fingerprint density at radius 3 is 2.35 bits per heavy atom. The van der Waals surface area contributed by atoms with Crippen LogP contribution >= 0.6 is 0 Å². The van der Waals surface area contributed by atoms with Crippen molar-refractivity contribution < 1.29 is 14.4 Å². The van der Waals surface area contributed by atoms with Crippen molar-refractivity contribution >= 4 is 6.16 Å².